The minimum Gasteiger partial charge on any atom is -0.376 e. The van der Waals surface area contributed by atoms with Crippen molar-refractivity contribution in [2.24, 2.45) is 0 Å². The predicted octanol–water partition coefficient (Wildman–Crippen LogP) is 3.70. The molecule has 0 saturated heterocycles. The zero-order chi connectivity index (χ0) is 10.6. The van der Waals surface area contributed by atoms with Gasteiger partial charge in [-0.25, -0.2) is 0 Å². The lowest BCUT2D eigenvalue weighted by atomic mass is 10.1. The summed E-state index contributed by atoms with van der Waals surface area (Å²) in [7, 11) is 0. The molecule has 0 amide bonds. The Morgan fingerprint density at radius 3 is 2.21 bits per heavy atom. The van der Waals surface area contributed by atoms with Gasteiger partial charge in [-0.15, -0.1) is 0 Å². The van der Waals surface area contributed by atoms with Gasteiger partial charge in [0, 0.05) is 5.02 Å². The number of benzene rings is 1. The van der Waals surface area contributed by atoms with E-state index in [0.717, 1.165) is 18.1 Å². The van der Waals surface area contributed by atoms with E-state index >= 15 is 0 Å². The van der Waals surface area contributed by atoms with E-state index in [1.807, 2.05) is 24.3 Å². The highest BCUT2D eigenvalue weighted by atomic mass is 35.5. The van der Waals surface area contributed by atoms with Crippen LogP contribution < -0.4 is 0 Å². The molecule has 1 aromatic carbocycles. The number of ether oxygens (including phenoxy) is 1. The summed E-state index contributed by atoms with van der Waals surface area (Å²) >= 11 is 5.79. The number of rotatable bonds is 3. The average Bonchev–Trinajstić information content (AvgIpc) is 2.06. The van der Waals surface area contributed by atoms with E-state index in [-0.39, 0.29) is 5.60 Å². The smallest absolute Gasteiger partial charge is 0.0598 e. The summed E-state index contributed by atoms with van der Waals surface area (Å²) in [5.41, 5.74) is 1.21. The molecule has 0 heterocycles. The van der Waals surface area contributed by atoms with Crippen LogP contribution in [-0.4, -0.2) is 12.2 Å². The van der Waals surface area contributed by atoms with Gasteiger partial charge in [-0.05, 0) is 44.9 Å². The highest BCUT2D eigenvalue weighted by molar-refractivity contribution is 6.30. The number of hydrogen-bond acceptors (Lipinski definition) is 1. The van der Waals surface area contributed by atoms with E-state index in [0.29, 0.717) is 0 Å². The van der Waals surface area contributed by atoms with E-state index in [1.54, 1.807) is 0 Å². The van der Waals surface area contributed by atoms with Crippen molar-refractivity contribution in [1.29, 1.82) is 0 Å². The first kappa shape index (κ1) is 11.5. The van der Waals surface area contributed by atoms with Crippen LogP contribution in [-0.2, 0) is 11.2 Å². The van der Waals surface area contributed by atoms with Crippen molar-refractivity contribution in [1.82, 2.24) is 0 Å². The molecule has 2 heteroatoms. The Morgan fingerprint density at radius 2 is 1.71 bits per heavy atom. The quantitative estimate of drug-likeness (QED) is 0.743. The first-order valence-corrected chi connectivity index (χ1v) is 5.23. The zero-order valence-corrected chi connectivity index (χ0v) is 9.77. The minimum atomic E-state index is -0.0492. The Labute approximate surface area is 91.0 Å². The summed E-state index contributed by atoms with van der Waals surface area (Å²) in [5.74, 6) is 0. The highest BCUT2D eigenvalue weighted by Crippen LogP contribution is 2.12. The van der Waals surface area contributed by atoms with E-state index in [9.17, 15) is 0 Å². The van der Waals surface area contributed by atoms with E-state index < -0.39 is 0 Å². The van der Waals surface area contributed by atoms with Crippen molar-refractivity contribution in [2.45, 2.75) is 32.8 Å². The molecule has 1 rings (SSSR count). The van der Waals surface area contributed by atoms with E-state index in [4.69, 9.17) is 16.3 Å². The topological polar surface area (TPSA) is 9.23 Å². The van der Waals surface area contributed by atoms with Crippen molar-refractivity contribution >= 4 is 11.6 Å². The van der Waals surface area contributed by atoms with Gasteiger partial charge < -0.3 is 4.74 Å². The molecule has 0 fully saturated rings. The van der Waals surface area contributed by atoms with E-state index in [2.05, 4.69) is 20.8 Å². The summed E-state index contributed by atoms with van der Waals surface area (Å²) in [5, 5.41) is 0.783. The third kappa shape index (κ3) is 4.64. The van der Waals surface area contributed by atoms with E-state index in [1.165, 1.54) is 5.56 Å². The largest absolute Gasteiger partial charge is 0.376 e. The molecule has 0 N–H and O–H groups in total. The molecule has 0 aliphatic heterocycles. The lowest BCUT2D eigenvalue weighted by Crippen LogP contribution is -2.20. The van der Waals surface area contributed by atoms with Gasteiger partial charge in [0.15, 0.2) is 0 Å². The molecule has 78 valence electrons. The molecule has 0 saturated carbocycles. The first-order valence-electron chi connectivity index (χ1n) is 4.86. The van der Waals surface area contributed by atoms with Crippen LogP contribution in [0.25, 0.3) is 0 Å². The highest BCUT2D eigenvalue weighted by Gasteiger charge is 2.08. The number of hydrogen-bond donors (Lipinski definition) is 0. The fraction of sp³-hybridized carbons (Fsp3) is 0.500. The van der Waals surface area contributed by atoms with Crippen LogP contribution >= 0.6 is 11.6 Å². The standard InChI is InChI=1S/C12H17ClO/c1-12(2,3)14-9-8-10-4-6-11(13)7-5-10/h4-7H,8-9H2,1-3H3. The summed E-state index contributed by atoms with van der Waals surface area (Å²) in [6, 6.07) is 7.89. The second-order valence-electron chi connectivity index (χ2n) is 4.34. The Balaban J connectivity index is 2.35. The van der Waals surface area contributed by atoms with Gasteiger partial charge in [0.2, 0.25) is 0 Å². The number of halogens is 1. The van der Waals surface area contributed by atoms with Gasteiger partial charge in [0.1, 0.15) is 0 Å². The van der Waals surface area contributed by atoms with Crippen molar-refractivity contribution in [3.8, 4) is 0 Å². The minimum absolute atomic E-state index is 0.0492. The third-order valence-corrected chi connectivity index (χ3v) is 2.09. The van der Waals surface area contributed by atoms with Crippen molar-refractivity contribution in [2.75, 3.05) is 6.61 Å². The maximum atomic E-state index is 5.79. The Bertz CT molecular complexity index is 271. The van der Waals surface area contributed by atoms with Gasteiger partial charge in [0.25, 0.3) is 0 Å². The van der Waals surface area contributed by atoms with Gasteiger partial charge in [0.05, 0.1) is 12.2 Å². The molecule has 0 bridgehead atoms. The van der Waals surface area contributed by atoms with Gasteiger partial charge in [-0.1, -0.05) is 23.7 Å². The van der Waals surface area contributed by atoms with Crippen LogP contribution in [0.1, 0.15) is 26.3 Å². The molecule has 1 aromatic rings. The second-order valence-corrected chi connectivity index (χ2v) is 4.77. The van der Waals surface area contributed by atoms with Gasteiger partial charge in [-0.2, -0.15) is 0 Å². The molecule has 0 aliphatic carbocycles. The zero-order valence-electron chi connectivity index (χ0n) is 9.01. The molecule has 0 atom stereocenters. The Morgan fingerprint density at radius 1 is 1.14 bits per heavy atom. The van der Waals surface area contributed by atoms with Gasteiger partial charge in [-0.3, -0.25) is 0 Å². The third-order valence-electron chi connectivity index (χ3n) is 1.84. The summed E-state index contributed by atoms with van der Waals surface area (Å²) in [6.45, 7) is 6.95. The Kier molecular flexibility index (Phi) is 3.97. The van der Waals surface area contributed by atoms with Crippen LogP contribution in [0.15, 0.2) is 24.3 Å². The molecule has 0 unspecified atom stereocenters. The predicted molar refractivity (Wildman–Crippen MR) is 60.9 cm³/mol. The SMILES string of the molecule is CC(C)(C)OCCc1ccc(Cl)cc1. The molecular formula is C12H17ClO. The van der Waals surface area contributed by atoms with Crippen LogP contribution in [0.5, 0.6) is 0 Å². The Hall–Kier alpha value is -0.530. The lowest BCUT2D eigenvalue weighted by Gasteiger charge is -2.19. The van der Waals surface area contributed by atoms with Crippen molar-refractivity contribution < 1.29 is 4.74 Å². The van der Waals surface area contributed by atoms with Crippen LogP contribution in [0.3, 0.4) is 0 Å². The van der Waals surface area contributed by atoms with Gasteiger partial charge >= 0.3 is 0 Å². The van der Waals surface area contributed by atoms with Crippen LogP contribution in [0.2, 0.25) is 5.02 Å². The summed E-state index contributed by atoms with van der Waals surface area (Å²) < 4.78 is 5.63. The molecular weight excluding hydrogens is 196 g/mol. The molecule has 0 aliphatic rings. The lowest BCUT2D eigenvalue weighted by molar-refractivity contribution is -0.000975. The van der Waals surface area contributed by atoms with Crippen molar-refractivity contribution in [3.63, 3.8) is 0 Å². The van der Waals surface area contributed by atoms with Crippen LogP contribution in [0.4, 0.5) is 0 Å². The molecule has 0 spiro atoms. The monoisotopic (exact) mass is 212 g/mol. The summed E-state index contributed by atoms with van der Waals surface area (Å²) in [6.07, 6.45) is 0.939. The molecule has 0 aromatic heterocycles. The molecule has 0 radical (unpaired) electrons. The fourth-order valence-electron chi connectivity index (χ4n) is 1.13. The summed E-state index contributed by atoms with van der Waals surface area (Å²) in [4.78, 5) is 0. The maximum absolute atomic E-state index is 5.79. The maximum Gasteiger partial charge on any atom is 0.0598 e. The van der Waals surface area contributed by atoms with Crippen molar-refractivity contribution in [3.05, 3.63) is 34.9 Å². The normalized spacial score (nSPS) is 11.7. The molecule has 1 nitrogen and oxygen atoms in total. The second kappa shape index (κ2) is 4.81. The first-order chi connectivity index (χ1) is 6.47. The molecule has 14 heavy (non-hydrogen) atoms. The van der Waals surface area contributed by atoms with Crippen LogP contribution in [0, 0.1) is 0 Å². The average molecular weight is 213 g/mol. The fourth-order valence-corrected chi connectivity index (χ4v) is 1.25.